The molecule has 0 saturated carbocycles. The van der Waals surface area contributed by atoms with Gasteiger partial charge in [0.05, 0.1) is 18.9 Å². The van der Waals surface area contributed by atoms with Crippen LogP contribution in [-0.2, 0) is 17.4 Å². The highest BCUT2D eigenvalue weighted by Gasteiger charge is 2.35. The van der Waals surface area contributed by atoms with E-state index in [2.05, 4.69) is 5.10 Å². The number of morpholine rings is 1. The van der Waals surface area contributed by atoms with Crippen LogP contribution in [0.25, 0.3) is 0 Å². The van der Waals surface area contributed by atoms with Crippen LogP contribution < -0.4 is 0 Å². The van der Waals surface area contributed by atoms with E-state index in [1.54, 1.807) is 10.9 Å². The number of aryl methyl sites for hydroxylation is 1. The summed E-state index contributed by atoms with van der Waals surface area (Å²) in [6.45, 7) is 3.81. The average molecular weight is 337 g/mol. The molecule has 24 heavy (non-hydrogen) atoms. The molecule has 0 radical (unpaired) electrons. The number of aromatic nitrogens is 2. The smallest absolute Gasteiger partial charge is 0.129 e. The lowest BCUT2D eigenvalue weighted by molar-refractivity contribution is -0.109. The van der Waals surface area contributed by atoms with Crippen LogP contribution in [0.15, 0.2) is 30.6 Å². The van der Waals surface area contributed by atoms with E-state index in [0.29, 0.717) is 19.7 Å². The van der Waals surface area contributed by atoms with Gasteiger partial charge in [0.15, 0.2) is 0 Å². The summed E-state index contributed by atoms with van der Waals surface area (Å²) in [5.74, 6) is -1.17. The zero-order valence-electron chi connectivity index (χ0n) is 13.7. The summed E-state index contributed by atoms with van der Waals surface area (Å²) in [7, 11) is 1.84. The van der Waals surface area contributed by atoms with E-state index in [1.165, 1.54) is 0 Å². The van der Waals surface area contributed by atoms with Gasteiger partial charge in [-0.1, -0.05) is 0 Å². The predicted octanol–water partition coefficient (Wildman–Crippen LogP) is 1.98. The van der Waals surface area contributed by atoms with E-state index in [1.807, 2.05) is 25.1 Å². The van der Waals surface area contributed by atoms with Gasteiger partial charge in [0.25, 0.3) is 0 Å². The fraction of sp³-hybridized carbons (Fsp3) is 0.471. The quantitative estimate of drug-likeness (QED) is 0.927. The second-order valence-electron chi connectivity index (χ2n) is 6.40. The van der Waals surface area contributed by atoms with Crippen molar-refractivity contribution < 1.29 is 18.6 Å². The molecular formula is C17H21F2N3O2. The molecule has 1 aliphatic heterocycles. The zero-order valence-corrected chi connectivity index (χ0v) is 13.7. The van der Waals surface area contributed by atoms with E-state index in [0.717, 1.165) is 23.8 Å². The van der Waals surface area contributed by atoms with Gasteiger partial charge in [0.1, 0.15) is 17.2 Å². The van der Waals surface area contributed by atoms with Crippen LogP contribution in [0.2, 0.25) is 0 Å². The second kappa shape index (κ2) is 6.58. The van der Waals surface area contributed by atoms with Crippen molar-refractivity contribution in [3.05, 3.63) is 53.4 Å². The molecule has 1 aliphatic rings. The van der Waals surface area contributed by atoms with E-state index >= 15 is 0 Å². The van der Waals surface area contributed by atoms with Crippen molar-refractivity contribution in [3.63, 3.8) is 0 Å². The monoisotopic (exact) mass is 337 g/mol. The highest BCUT2D eigenvalue weighted by Crippen LogP contribution is 2.30. The zero-order chi connectivity index (χ0) is 17.3. The van der Waals surface area contributed by atoms with Crippen LogP contribution in [0.1, 0.15) is 24.2 Å². The highest BCUT2D eigenvalue weighted by atomic mass is 19.1. The minimum atomic E-state index is -1.10. The van der Waals surface area contributed by atoms with Crippen LogP contribution in [0.3, 0.4) is 0 Å². The van der Waals surface area contributed by atoms with Crippen LogP contribution in [-0.4, -0.2) is 46.0 Å². The van der Waals surface area contributed by atoms with E-state index in [9.17, 15) is 13.9 Å². The van der Waals surface area contributed by atoms with E-state index in [-0.39, 0.29) is 12.1 Å². The molecule has 5 nitrogen and oxygen atoms in total. The minimum Gasteiger partial charge on any atom is -0.387 e. The van der Waals surface area contributed by atoms with Gasteiger partial charge in [-0.15, -0.1) is 0 Å². The molecule has 7 heteroatoms. The first-order valence-electron chi connectivity index (χ1n) is 7.86. The van der Waals surface area contributed by atoms with Gasteiger partial charge in [0, 0.05) is 44.0 Å². The molecule has 0 aliphatic carbocycles. The Kier molecular flexibility index (Phi) is 4.67. The number of rotatable bonds is 4. The van der Waals surface area contributed by atoms with Crippen molar-refractivity contribution in [1.82, 2.24) is 14.7 Å². The first-order chi connectivity index (χ1) is 11.4. The maximum atomic E-state index is 13.8. The second-order valence-corrected chi connectivity index (χ2v) is 6.40. The molecule has 1 aromatic heterocycles. The maximum Gasteiger partial charge on any atom is 0.129 e. The Morgan fingerprint density at radius 3 is 2.92 bits per heavy atom. The number of β-amino-alcohol motifs (C(OH)–C–C–N with tert-alkyl or cyclic N) is 1. The van der Waals surface area contributed by atoms with Crippen molar-refractivity contribution in [2.24, 2.45) is 7.05 Å². The third kappa shape index (κ3) is 3.48. The number of aliphatic hydroxyl groups excluding tert-OH is 1. The molecule has 2 unspecified atom stereocenters. The Morgan fingerprint density at radius 2 is 2.21 bits per heavy atom. The predicted molar refractivity (Wildman–Crippen MR) is 84.3 cm³/mol. The summed E-state index contributed by atoms with van der Waals surface area (Å²) < 4.78 is 34.7. The molecule has 130 valence electrons. The fourth-order valence-electron chi connectivity index (χ4n) is 3.09. The Labute approximate surface area is 139 Å². The van der Waals surface area contributed by atoms with Crippen LogP contribution in [0.5, 0.6) is 0 Å². The summed E-state index contributed by atoms with van der Waals surface area (Å²) in [5, 5.41) is 14.5. The van der Waals surface area contributed by atoms with E-state index < -0.39 is 23.3 Å². The van der Waals surface area contributed by atoms with Gasteiger partial charge in [-0.25, -0.2) is 8.78 Å². The van der Waals surface area contributed by atoms with Crippen molar-refractivity contribution in [3.8, 4) is 0 Å². The first-order valence-corrected chi connectivity index (χ1v) is 7.86. The number of ether oxygens (including phenoxy) is 1. The Bertz CT molecular complexity index is 722. The van der Waals surface area contributed by atoms with Gasteiger partial charge in [-0.05, 0) is 25.1 Å². The lowest BCUT2D eigenvalue weighted by Crippen LogP contribution is -2.49. The number of benzene rings is 1. The highest BCUT2D eigenvalue weighted by molar-refractivity contribution is 5.22. The fourth-order valence-corrected chi connectivity index (χ4v) is 3.09. The summed E-state index contributed by atoms with van der Waals surface area (Å²) in [6, 6.07) is 3.12. The molecule has 3 rings (SSSR count). The summed E-state index contributed by atoms with van der Waals surface area (Å²) >= 11 is 0. The van der Waals surface area contributed by atoms with E-state index in [4.69, 9.17) is 4.74 Å². The van der Waals surface area contributed by atoms with Gasteiger partial charge < -0.3 is 9.84 Å². The van der Waals surface area contributed by atoms with Crippen molar-refractivity contribution in [2.45, 2.75) is 18.6 Å². The van der Waals surface area contributed by atoms with Crippen LogP contribution in [0, 0.1) is 11.6 Å². The Hall–Kier alpha value is -1.83. The molecule has 0 bridgehead atoms. The standard InChI is InChI=1S/C17H21F2N3O2/c1-17(12-8-20-21(2)9-12)11-22(5-6-24-17)10-16(23)14-7-13(18)3-4-15(14)19/h3-4,7-9,16,23H,5-6,10-11H2,1-2H3. The molecule has 1 N–H and O–H groups in total. The Morgan fingerprint density at radius 1 is 1.42 bits per heavy atom. The number of hydrogen-bond acceptors (Lipinski definition) is 4. The number of nitrogens with zero attached hydrogens (tertiary/aromatic N) is 3. The SMILES string of the molecule is Cn1cc(C2(C)CN(CC(O)c3cc(F)ccc3F)CCO2)cn1. The first kappa shape index (κ1) is 17.0. The molecule has 1 saturated heterocycles. The maximum absolute atomic E-state index is 13.8. The molecule has 0 amide bonds. The number of halogens is 2. The van der Waals surface area contributed by atoms with Gasteiger partial charge in [-0.3, -0.25) is 9.58 Å². The van der Waals surface area contributed by atoms with Gasteiger partial charge >= 0.3 is 0 Å². The van der Waals surface area contributed by atoms with Crippen LogP contribution in [0.4, 0.5) is 8.78 Å². The summed E-state index contributed by atoms with van der Waals surface area (Å²) in [4.78, 5) is 1.99. The third-order valence-electron chi connectivity index (χ3n) is 4.42. The lowest BCUT2D eigenvalue weighted by Gasteiger charge is -2.40. The lowest BCUT2D eigenvalue weighted by atomic mass is 9.96. The van der Waals surface area contributed by atoms with Crippen molar-refractivity contribution >= 4 is 0 Å². The normalized spacial score (nSPS) is 23.4. The topological polar surface area (TPSA) is 50.5 Å². The molecule has 1 fully saturated rings. The van der Waals surface area contributed by atoms with Crippen molar-refractivity contribution in [2.75, 3.05) is 26.2 Å². The summed E-state index contributed by atoms with van der Waals surface area (Å²) in [6.07, 6.45) is 2.55. The van der Waals surface area contributed by atoms with Crippen LogP contribution >= 0.6 is 0 Å². The number of aliphatic hydroxyl groups is 1. The Balaban J connectivity index is 1.72. The molecule has 2 aromatic rings. The molecule has 2 heterocycles. The molecular weight excluding hydrogens is 316 g/mol. The molecule has 2 atom stereocenters. The molecule has 0 spiro atoms. The molecule has 1 aromatic carbocycles. The van der Waals surface area contributed by atoms with Gasteiger partial charge in [-0.2, -0.15) is 5.10 Å². The minimum absolute atomic E-state index is 0.0235. The van der Waals surface area contributed by atoms with Crippen molar-refractivity contribution in [1.29, 1.82) is 0 Å². The summed E-state index contributed by atoms with van der Waals surface area (Å²) in [5.41, 5.74) is 0.373. The number of hydrogen-bond donors (Lipinski definition) is 1. The average Bonchev–Trinajstić information content (AvgIpc) is 2.97. The third-order valence-corrected chi connectivity index (χ3v) is 4.42. The largest absolute Gasteiger partial charge is 0.387 e. The van der Waals surface area contributed by atoms with Gasteiger partial charge in [0.2, 0.25) is 0 Å².